The first-order valence-electron chi connectivity index (χ1n) is 10.9. The van der Waals surface area contributed by atoms with Crippen LogP contribution in [0.3, 0.4) is 0 Å². The molecule has 38 heavy (non-hydrogen) atoms. The molecule has 9 nitrogen and oxygen atoms in total. The molecule has 1 N–H and O–H groups in total. The number of hydrogen-bond acceptors (Lipinski definition) is 7. The Labute approximate surface area is 217 Å². The fourth-order valence-corrected chi connectivity index (χ4v) is 4.83. The number of carbonyl (C=O) groups excluding carboxylic acids is 1. The van der Waals surface area contributed by atoms with Crippen LogP contribution in [0.1, 0.15) is 11.1 Å². The Morgan fingerprint density at radius 2 is 1.58 bits per heavy atom. The molecular weight excluding hydrogens is 527 g/mol. The van der Waals surface area contributed by atoms with Crippen LogP contribution in [0.25, 0.3) is 0 Å². The molecule has 0 aliphatic heterocycles. The molecule has 3 rings (SSSR count). The van der Waals surface area contributed by atoms with Crippen molar-refractivity contribution in [1.29, 1.82) is 0 Å². The summed E-state index contributed by atoms with van der Waals surface area (Å²) in [4.78, 5) is 12.5. The van der Waals surface area contributed by atoms with Crippen LogP contribution >= 0.6 is 0 Å². The van der Waals surface area contributed by atoms with E-state index >= 15 is 0 Å². The van der Waals surface area contributed by atoms with Gasteiger partial charge in [-0.2, -0.15) is 18.3 Å². The summed E-state index contributed by atoms with van der Waals surface area (Å²) in [6.45, 7) is -0.842. The number of carbonyl (C=O) groups is 1. The number of nitrogens with one attached hydrogen (secondary N) is 1. The topological polar surface area (TPSA) is 107 Å². The highest BCUT2D eigenvalue weighted by molar-refractivity contribution is 7.92. The lowest BCUT2D eigenvalue weighted by molar-refractivity contribution is -0.137. The SMILES string of the molecule is COc1cc(/C=N\NC(=O)CN(c2cccc(C(F)(F)F)c2)S(=O)(=O)c2ccccc2)cc(OC)c1OC. The van der Waals surface area contributed by atoms with Gasteiger partial charge in [-0.05, 0) is 42.5 Å². The maximum absolute atomic E-state index is 13.3. The molecule has 0 saturated carbocycles. The second kappa shape index (κ2) is 11.9. The van der Waals surface area contributed by atoms with E-state index in [9.17, 15) is 26.4 Å². The zero-order chi connectivity index (χ0) is 27.9. The summed E-state index contributed by atoms with van der Waals surface area (Å²) in [5, 5.41) is 3.83. The number of amides is 1. The number of nitrogens with zero attached hydrogens (tertiary/aromatic N) is 2. The fraction of sp³-hybridized carbons (Fsp3) is 0.200. The quantitative estimate of drug-likeness (QED) is 0.301. The van der Waals surface area contributed by atoms with Gasteiger partial charge in [0, 0.05) is 5.56 Å². The molecule has 1 amide bonds. The minimum Gasteiger partial charge on any atom is -0.493 e. The van der Waals surface area contributed by atoms with Crippen molar-refractivity contribution >= 4 is 27.8 Å². The first-order valence-corrected chi connectivity index (χ1v) is 12.3. The number of halogens is 3. The Kier molecular flexibility index (Phi) is 8.84. The minimum absolute atomic E-state index is 0.203. The number of alkyl halides is 3. The highest BCUT2D eigenvalue weighted by Crippen LogP contribution is 2.38. The van der Waals surface area contributed by atoms with Gasteiger partial charge in [-0.3, -0.25) is 9.10 Å². The third-order valence-electron chi connectivity index (χ3n) is 5.17. The van der Waals surface area contributed by atoms with Gasteiger partial charge in [0.1, 0.15) is 6.54 Å². The first-order chi connectivity index (χ1) is 18.0. The van der Waals surface area contributed by atoms with Gasteiger partial charge in [0.05, 0.1) is 43.7 Å². The van der Waals surface area contributed by atoms with Gasteiger partial charge in [0.15, 0.2) is 11.5 Å². The molecule has 202 valence electrons. The van der Waals surface area contributed by atoms with Crippen LogP contribution in [0.15, 0.2) is 76.7 Å². The van der Waals surface area contributed by atoms with Crippen LogP contribution in [0.4, 0.5) is 18.9 Å². The van der Waals surface area contributed by atoms with E-state index in [2.05, 4.69) is 10.5 Å². The van der Waals surface area contributed by atoms with Crippen molar-refractivity contribution in [1.82, 2.24) is 5.43 Å². The van der Waals surface area contributed by atoms with Crippen molar-refractivity contribution in [2.45, 2.75) is 11.1 Å². The predicted octanol–water partition coefficient (Wildman–Crippen LogP) is 4.08. The summed E-state index contributed by atoms with van der Waals surface area (Å²) in [5.74, 6) is 0.123. The smallest absolute Gasteiger partial charge is 0.416 e. The van der Waals surface area contributed by atoms with Gasteiger partial charge in [0.2, 0.25) is 5.75 Å². The number of hydrazone groups is 1. The van der Waals surface area contributed by atoms with E-state index in [0.29, 0.717) is 33.2 Å². The Hall–Kier alpha value is -4.26. The van der Waals surface area contributed by atoms with E-state index in [1.807, 2.05) is 0 Å². The lowest BCUT2D eigenvalue weighted by atomic mass is 10.2. The molecule has 0 radical (unpaired) electrons. The van der Waals surface area contributed by atoms with Gasteiger partial charge < -0.3 is 14.2 Å². The molecule has 3 aromatic rings. The Morgan fingerprint density at radius 3 is 2.13 bits per heavy atom. The Bertz CT molecular complexity index is 1390. The number of methoxy groups -OCH3 is 3. The third-order valence-corrected chi connectivity index (χ3v) is 6.96. The minimum atomic E-state index is -4.72. The van der Waals surface area contributed by atoms with E-state index < -0.39 is 34.2 Å². The zero-order valence-electron chi connectivity index (χ0n) is 20.5. The van der Waals surface area contributed by atoms with E-state index in [0.717, 1.165) is 12.1 Å². The van der Waals surface area contributed by atoms with Crippen molar-refractivity contribution < 1.29 is 40.6 Å². The lowest BCUT2D eigenvalue weighted by Gasteiger charge is -2.24. The highest BCUT2D eigenvalue weighted by atomic mass is 32.2. The molecule has 0 aliphatic carbocycles. The average Bonchev–Trinajstić information content (AvgIpc) is 2.91. The highest BCUT2D eigenvalue weighted by Gasteiger charge is 2.33. The summed E-state index contributed by atoms with van der Waals surface area (Å²) >= 11 is 0. The van der Waals surface area contributed by atoms with Crippen LogP contribution < -0.4 is 23.9 Å². The average molecular weight is 552 g/mol. The standard InChI is InChI=1S/C25H24F3N3O6S/c1-35-21-12-17(13-22(36-2)24(21)37-3)15-29-30-23(32)16-31(38(33,34)20-10-5-4-6-11-20)19-9-7-8-18(14-19)25(26,27)28/h4-15H,16H2,1-3H3,(H,30,32)/b29-15-. The van der Waals surface area contributed by atoms with Crippen LogP contribution in [0.5, 0.6) is 17.2 Å². The number of benzene rings is 3. The molecule has 0 spiro atoms. The third kappa shape index (κ3) is 6.54. The molecule has 0 fully saturated rings. The zero-order valence-corrected chi connectivity index (χ0v) is 21.3. The van der Waals surface area contributed by atoms with E-state index in [1.54, 1.807) is 18.2 Å². The lowest BCUT2D eigenvalue weighted by Crippen LogP contribution is -2.39. The van der Waals surface area contributed by atoms with Crippen LogP contribution in [-0.2, 0) is 21.0 Å². The van der Waals surface area contributed by atoms with Crippen LogP contribution in [-0.4, -0.2) is 48.4 Å². The summed E-state index contributed by atoms with van der Waals surface area (Å²) in [6, 6.07) is 13.9. The molecule has 0 bridgehead atoms. The molecule has 0 heterocycles. The molecule has 0 atom stereocenters. The summed E-state index contributed by atoms with van der Waals surface area (Å²) < 4.78 is 82.9. The van der Waals surface area contributed by atoms with Gasteiger partial charge >= 0.3 is 6.18 Å². The van der Waals surface area contributed by atoms with Gasteiger partial charge in [-0.1, -0.05) is 24.3 Å². The van der Waals surface area contributed by atoms with E-state index in [4.69, 9.17) is 14.2 Å². The number of rotatable bonds is 10. The molecule has 13 heteroatoms. The number of ether oxygens (including phenoxy) is 3. The number of sulfonamides is 1. The predicted molar refractivity (Wildman–Crippen MR) is 134 cm³/mol. The van der Waals surface area contributed by atoms with Gasteiger partial charge in [-0.15, -0.1) is 0 Å². The van der Waals surface area contributed by atoms with Crippen LogP contribution in [0, 0.1) is 0 Å². The van der Waals surface area contributed by atoms with Crippen LogP contribution in [0.2, 0.25) is 0 Å². The summed E-state index contributed by atoms with van der Waals surface area (Å²) in [7, 11) is -0.117. The van der Waals surface area contributed by atoms with Gasteiger partial charge in [-0.25, -0.2) is 13.8 Å². The fourth-order valence-electron chi connectivity index (χ4n) is 3.39. The van der Waals surface area contributed by atoms with Crippen molar-refractivity contribution in [2.24, 2.45) is 5.10 Å². The maximum Gasteiger partial charge on any atom is 0.416 e. The largest absolute Gasteiger partial charge is 0.493 e. The van der Waals surface area contributed by atoms with Crippen molar-refractivity contribution in [2.75, 3.05) is 32.2 Å². The van der Waals surface area contributed by atoms with Gasteiger partial charge in [0.25, 0.3) is 15.9 Å². The van der Waals surface area contributed by atoms with E-state index in [-0.39, 0.29) is 10.6 Å². The maximum atomic E-state index is 13.3. The number of hydrogen-bond donors (Lipinski definition) is 1. The van der Waals surface area contributed by atoms with Crippen molar-refractivity contribution in [3.63, 3.8) is 0 Å². The second-order valence-corrected chi connectivity index (χ2v) is 9.49. The normalized spacial score (nSPS) is 11.7. The molecule has 3 aromatic carbocycles. The second-order valence-electron chi connectivity index (χ2n) is 7.62. The molecular formula is C25H24F3N3O6S. The number of anilines is 1. The monoisotopic (exact) mass is 551 g/mol. The summed E-state index contributed by atoms with van der Waals surface area (Å²) in [6.07, 6.45) is -3.46. The Morgan fingerprint density at radius 1 is 0.947 bits per heavy atom. The first kappa shape index (κ1) is 28.3. The van der Waals surface area contributed by atoms with Crippen molar-refractivity contribution in [3.05, 3.63) is 77.9 Å². The van der Waals surface area contributed by atoms with E-state index in [1.165, 1.54) is 57.9 Å². The summed E-state index contributed by atoms with van der Waals surface area (Å²) in [5.41, 5.74) is 1.24. The van der Waals surface area contributed by atoms with Crippen molar-refractivity contribution in [3.8, 4) is 17.2 Å². The molecule has 0 aromatic heterocycles. The molecule has 0 unspecified atom stereocenters. The molecule has 0 saturated heterocycles. The molecule has 0 aliphatic rings. The Balaban J connectivity index is 1.89.